The van der Waals surface area contributed by atoms with Crippen LogP contribution in [0.15, 0.2) is 29.3 Å². The zero-order valence-electron chi connectivity index (χ0n) is 16.2. The second-order valence-electron chi connectivity index (χ2n) is 6.62. The Bertz CT molecular complexity index is 1150. The fraction of sp³-hybridized carbons (Fsp3) is 0.316. The van der Waals surface area contributed by atoms with Crippen LogP contribution in [0.2, 0.25) is 0 Å². The molecule has 0 amide bonds. The van der Waals surface area contributed by atoms with Gasteiger partial charge in [-0.3, -0.25) is 9.52 Å². The lowest BCUT2D eigenvalue weighted by atomic mass is 10.1. The van der Waals surface area contributed by atoms with Gasteiger partial charge in [-0.25, -0.2) is 18.4 Å². The summed E-state index contributed by atoms with van der Waals surface area (Å²) in [5, 5.41) is 1.50. The first kappa shape index (κ1) is 20.8. The molecule has 28 heavy (non-hydrogen) atoms. The molecule has 0 fully saturated rings. The highest BCUT2D eigenvalue weighted by molar-refractivity contribution is 8.00. The number of thiophene rings is 1. The van der Waals surface area contributed by atoms with Gasteiger partial charge in [0.25, 0.3) is 0 Å². The Hall–Kier alpha value is -1.97. The van der Waals surface area contributed by atoms with Crippen molar-refractivity contribution < 1.29 is 13.2 Å². The minimum absolute atomic E-state index is 0.0371. The number of ketones is 1. The predicted molar refractivity (Wildman–Crippen MR) is 116 cm³/mol. The molecule has 0 bridgehead atoms. The van der Waals surface area contributed by atoms with Crippen LogP contribution in [-0.2, 0) is 10.0 Å². The number of carbonyl (C=O) groups is 1. The molecule has 1 N–H and O–H groups in total. The number of aryl methyl sites for hydroxylation is 3. The van der Waals surface area contributed by atoms with Gasteiger partial charge in [0.15, 0.2) is 5.78 Å². The van der Waals surface area contributed by atoms with Crippen LogP contribution in [-0.4, -0.2) is 35.7 Å². The highest BCUT2D eigenvalue weighted by Gasteiger charge is 2.21. The summed E-state index contributed by atoms with van der Waals surface area (Å²) < 4.78 is 25.0. The number of aromatic nitrogens is 2. The van der Waals surface area contributed by atoms with Crippen molar-refractivity contribution in [2.45, 2.75) is 38.0 Å². The van der Waals surface area contributed by atoms with E-state index in [1.165, 1.54) is 16.6 Å². The van der Waals surface area contributed by atoms with Gasteiger partial charge in [0.05, 0.1) is 11.5 Å². The van der Waals surface area contributed by atoms with E-state index in [-0.39, 0.29) is 11.0 Å². The number of hydrogen-bond acceptors (Lipinski definition) is 7. The van der Waals surface area contributed by atoms with Crippen molar-refractivity contribution in [3.05, 3.63) is 46.1 Å². The first-order valence-electron chi connectivity index (χ1n) is 8.58. The molecule has 148 valence electrons. The molecule has 9 heteroatoms. The maximum atomic E-state index is 12.9. The first-order valence-corrected chi connectivity index (χ1v) is 12.2. The zero-order chi connectivity index (χ0) is 20.6. The SMILES string of the molecule is Cc1nc(SC(C)C(=O)c2ccc(NS(C)(=O)=O)cc2)c2c(C)c(C)sc2n1. The Morgan fingerprint density at radius 1 is 1.14 bits per heavy atom. The summed E-state index contributed by atoms with van der Waals surface area (Å²) in [7, 11) is -3.35. The van der Waals surface area contributed by atoms with E-state index in [9.17, 15) is 13.2 Å². The minimum atomic E-state index is -3.35. The van der Waals surface area contributed by atoms with Crippen LogP contribution in [0.1, 0.15) is 33.5 Å². The van der Waals surface area contributed by atoms with Gasteiger partial charge in [-0.05, 0) is 57.5 Å². The quantitative estimate of drug-likeness (QED) is 0.352. The van der Waals surface area contributed by atoms with Crippen LogP contribution in [0, 0.1) is 20.8 Å². The van der Waals surface area contributed by atoms with Gasteiger partial charge in [-0.1, -0.05) is 11.8 Å². The number of carbonyl (C=O) groups excluding carboxylic acids is 1. The van der Waals surface area contributed by atoms with Crippen LogP contribution in [0.5, 0.6) is 0 Å². The summed E-state index contributed by atoms with van der Waals surface area (Å²) in [6.45, 7) is 7.82. The average Bonchev–Trinajstić information content (AvgIpc) is 2.87. The molecule has 3 rings (SSSR count). The van der Waals surface area contributed by atoms with Gasteiger partial charge in [-0.2, -0.15) is 0 Å². The van der Waals surface area contributed by atoms with Crippen molar-refractivity contribution in [2.24, 2.45) is 0 Å². The number of anilines is 1. The topological polar surface area (TPSA) is 89.0 Å². The third-order valence-corrected chi connectivity index (χ3v) is 7.03. The van der Waals surface area contributed by atoms with Gasteiger partial charge in [-0.15, -0.1) is 11.3 Å². The van der Waals surface area contributed by atoms with Gasteiger partial charge in [0.1, 0.15) is 15.7 Å². The molecular formula is C19H21N3O3S3. The molecule has 1 aromatic carbocycles. The molecule has 0 saturated heterocycles. The van der Waals surface area contributed by atoms with Gasteiger partial charge >= 0.3 is 0 Å². The van der Waals surface area contributed by atoms with E-state index in [1.807, 2.05) is 13.8 Å². The third-order valence-electron chi connectivity index (χ3n) is 4.24. The van der Waals surface area contributed by atoms with Gasteiger partial charge in [0.2, 0.25) is 10.0 Å². The van der Waals surface area contributed by atoms with Crippen LogP contribution in [0.4, 0.5) is 5.69 Å². The second kappa shape index (κ2) is 7.81. The van der Waals surface area contributed by atoms with Crippen molar-refractivity contribution in [3.8, 4) is 0 Å². The second-order valence-corrected chi connectivity index (χ2v) is 10.9. The molecule has 6 nitrogen and oxygen atoms in total. The van der Waals surface area contributed by atoms with Crippen LogP contribution in [0.3, 0.4) is 0 Å². The summed E-state index contributed by atoms with van der Waals surface area (Å²) in [5.74, 6) is 0.650. The van der Waals surface area contributed by atoms with E-state index >= 15 is 0 Å². The van der Waals surface area contributed by atoms with Gasteiger partial charge in [0, 0.05) is 21.5 Å². The van der Waals surface area contributed by atoms with E-state index in [0.717, 1.165) is 27.1 Å². The highest BCUT2D eigenvalue weighted by Crippen LogP contribution is 2.37. The Kier molecular flexibility index (Phi) is 5.79. The highest BCUT2D eigenvalue weighted by atomic mass is 32.2. The van der Waals surface area contributed by atoms with Crippen LogP contribution in [0.25, 0.3) is 10.2 Å². The average molecular weight is 436 g/mol. The van der Waals surface area contributed by atoms with E-state index < -0.39 is 10.0 Å². The number of rotatable bonds is 6. The molecule has 0 spiro atoms. The molecule has 2 aromatic heterocycles. The monoisotopic (exact) mass is 435 g/mol. The molecule has 2 heterocycles. The molecular weight excluding hydrogens is 414 g/mol. The molecule has 0 saturated carbocycles. The summed E-state index contributed by atoms with van der Waals surface area (Å²) in [6.07, 6.45) is 1.09. The zero-order valence-corrected chi connectivity index (χ0v) is 18.7. The Morgan fingerprint density at radius 2 is 1.79 bits per heavy atom. The Morgan fingerprint density at radius 3 is 2.39 bits per heavy atom. The predicted octanol–water partition coefficient (Wildman–Crippen LogP) is 4.35. The van der Waals surface area contributed by atoms with Crippen molar-refractivity contribution in [1.29, 1.82) is 0 Å². The number of sulfonamides is 1. The number of nitrogens with zero attached hydrogens (tertiary/aromatic N) is 2. The third kappa shape index (κ3) is 4.53. The number of fused-ring (bicyclic) bond motifs is 1. The minimum Gasteiger partial charge on any atom is -0.293 e. The molecule has 1 unspecified atom stereocenters. The normalized spacial score (nSPS) is 12.9. The number of thioether (sulfide) groups is 1. The lowest BCUT2D eigenvalue weighted by Gasteiger charge is -2.12. The van der Waals surface area contributed by atoms with E-state index in [4.69, 9.17) is 0 Å². The number of nitrogens with one attached hydrogen (secondary N) is 1. The Balaban J connectivity index is 1.84. The summed E-state index contributed by atoms with van der Waals surface area (Å²) >= 11 is 3.07. The van der Waals surface area contributed by atoms with E-state index in [1.54, 1.807) is 35.6 Å². The molecule has 3 aromatic rings. The number of benzene rings is 1. The van der Waals surface area contributed by atoms with Crippen molar-refractivity contribution in [3.63, 3.8) is 0 Å². The van der Waals surface area contributed by atoms with E-state index in [0.29, 0.717) is 17.1 Å². The standard InChI is InChI=1S/C19H21N3O3S3/c1-10-11(2)26-18-16(10)19(21-13(4)20-18)27-12(3)17(23)14-6-8-15(9-7-14)22-28(5,24)25/h6-9,12,22H,1-5H3. The largest absolute Gasteiger partial charge is 0.293 e. The lowest BCUT2D eigenvalue weighted by Crippen LogP contribution is -2.14. The van der Waals surface area contributed by atoms with Gasteiger partial charge < -0.3 is 0 Å². The molecule has 0 radical (unpaired) electrons. The van der Waals surface area contributed by atoms with Crippen molar-refractivity contribution >= 4 is 54.8 Å². The molecule has 1 atom stereocenters. The van der Waals surface area contributed by atoms with Crippen molar-refractivity contribution in [2.75, 3.05) is 11.0 Å². The summed E-state index contributed by atoms with van der Waals surface area (Å²) in [5.41, 5.74) is 2.11. The summed E-state index contributed by atoms with van der Waals surface area (Å²) in [6, 6.07) is 6.44. The lowest BCUT2D eigenvalue weighted by molar-refractivity contribution is 0.0994. The maximum absolute atomic E-state index is 12.9. The number of hydrogen-bond donors (Lipinski definition) is 1. The van der Waals surface area contributed by atoms with E-state index in [2.05, 4.69) is 28.5 Å². The maximum Gasteiger partial charge on any atom is 0.229 e. The fourth-order valence-corrected chi connectivity index (χ4v) is 5.61. The fourth-order valence-electron chi connectivity index (χ4n) is 2.77. The Labute approximate surface area is 172 Å². The molecule has 0 aliphatic rings. The van der Waals surface area contributed by atoms with Crippen LogP contribution >= 0.6 is 23.1 Å². The first-order chi connectivity index (χ1) is 13.0. The number of Topliss-reactive ketones (excluding diaryl/α,β-unsaturated/α-hetero) is 1. The van der Waals surface area contributed by atoms with Crippen LogP contribution < -0.4 is 4.72 Å². The molecule has 0 aliphatic carbocycles. The van der Waals surface area contributed by atoms with Crippen molar-refractivity contribution in [1.82, 2.24) is 9.97 Å². The molecule has 0 aliphatic heterocycles. The smallest absolute Gasteiger partial charge is 0.229 e. The summed E-state index contributed by atoms with van der Waals surface area (Å²) in [4.78, 5) is 24.1.